The molecule has 6 rings (SSSR count). The van der Waals surface area contributed by atoms with Crippen LogP contribution in [-0.4, -0.2) is 71.7 Å². The van der Waals surface area contributed by atoms with Gasteiger partial charge in [-0.25, -0.2) is 0 Å². The molecule has 1 aliphatic heterocycles. The number of benzene rings is 3. The second kappa shape index (κ2) is 13.8. The number of rotatable bonds is 10. The Labute approximate surface area is 281 Å². The van der Waals surface area contributed by atoms with E-state index >= 15 is 0 Å². The minimum absolute atomic E-state index is 0.0680. The van der Waals surface area contributed by atoms with Crippen molar-refractivity contribution in [3.05, 3.63) is 112 Å². The number of H-pyrrole nitrogens is 1. The molecule has 2 aliphatic rings. The number of nitrogens with one attached hydrogen (secondary N) is 4. The summed E-state index contributed by atoms with van der Waals surface area (Å²) >= 11 is 0. The van der Waals surface area contributed by atoms with E-state index < -0.39 is 5.41 Å². The summed E-state index contributed by atoms with van der Waals surface area (Å²) in [5.74, 6) is 1.14. The molecule has 2 atom stereocenters. The highest BCUT2D eigenvalue weighted by molar-refractivity contribution is 5.94. The maximum Gasteiger partial charge on any atom is 0.251 e. The van der Waals surface area contributed by atoms with Crippen molar-refractivity contribution in [1.82, 2.24) is 36.0 Å². The zero-order valence-electron chi connectivity index (χ0n) is 27.8. The summed E-state index contributed by atoms with van der Waals surface area (Å²) in [6, 6.07) is 22.4. The van der Waals surface area contributed by atoms with Gasteiger partial charge in [0, 0.05) is 37.5 Å². The van der Waals surface area contributed by atoms with Crippen molar-refractivity contribution in [2.45, 2.75) is 50.5 Å². The van der Waals surface area contributed by atoms with Crippen LogP contribution in [0.3, 0.4) is 0 Å². The lowest BCUT2D eigenvalue weighted by Crippen LogP contribution is -2.42. The van der Waals surface area contributed by atoms with E-state index in [0.29, 0.717) is 43.1 Å². The van der Waals surface area contributed by atoms with Crippen LogP contribution in [0.2, 0.25) is 0 Å². The molecule has 1 aromatic heterocycles. The highest BCUT2D eigenvalue weighted by Crippen LogP contribution is 2.47. The summed E-state index contributed by atoms with van der Waals surface area (Å²) in [6.07, 6.45) is 3.58. The fraction of sp³-hybridized carbons (Fsp3) is 0.342. The number of hydrogen-bond acceptors (Lipinski definition) is 7. The van der Waals surface area contributed by atoms with Gasteiger partial charge in [0.05, 0.1) is 18.0 Å². The number of aromatic amines is 1. The summed E-state index contributed by atoms with van der Waals surface area (Å²) in [7, 11) is 3.50. The fourth-order valence-electron chi connectivity index (χ4n) is 7.18. The van der Waals surface area contributed by atoms with Gasteiger partial charge in [0.1, 0.15) is 11.9 Å². The lowest BCUT2D eigenvalue weighted by atomic mass is 9.69. The zero-order valence-corrected chi connectivity index (χ0v) is 27.8. The number of carbonyl (C=O) groups is 2. The van der Waals surface area contributed by atoms with E-state index in [1.807, 2.05) is 31.3 Å². The number of nitrogens with zero attached hydrogens (tertiary/aromatic N) is 4. The molecule has 0 spiro atoms. The lowest BCUT2D eigenvalue weighted by Gasteiger charge is -2.35. The van der Waals surface area contributed by atoms with Crippen molar-refractivity contribution in [3.8, 4) is 17.5 Å². The van der Waals surface area contributed by atoms with E-state index in [4.69, 9.17) is 5.10 Å². The van der Waals surface area contributed by atoms with E-state index in [-0.39, 0.29) is 24.4 Å². The number of nitriles is 1. The van der Waals surface area contributed by atoms with Gasteiger partial charge in [-0.15, -0.1) is 10.2 Å². The van der Waals surface area contributed by atoms with Gasteiger partial charge in [0.25, 0.3) is 5.91 Å². The molecule has 0 radical (unpaired) electrons. The second-order valence-electron chi connectivity index (χ2n) is 12.6. The maximum atomic E-state index is 13.1. The first-order valence-corrected chi connectivity index (χ1v) is 16.5. The van der Waals surface area contributed by atoms with Crippen LogP contribution in [0, 0.1) is 18.3 Å². The van der Waals surface area contributed by atoms with Gasteiger partial charge >= 0.3 is 0 Å². The average molecular weight is 643 g/mol. The molecular formula is C38H42N8O2. The molecule has 10 heteroatoms. The third kappa shape index (κ3) is 6.09. The van der Waals surface area contributed by atoms with Gasteiger partial charge in [-0.05, 0) is 91.6 Å². The Morgan fingerprint density at radius 1 is 1.00 bits per heavy atom. The van der Waals surface area contributed by atoms with Crippen molar-refractivity contribution >= 4 is 17.5 Å². The predicted octanol–water partition coefficient (Wildman–Crippen LogP) is 4.26. The van der Waals surface area contributed by atoms with E-state index in [0.717, 1.165) is 63.9 Å². The summed E-state index contributed by atoms with van der Waals surface area (Å²) in [6.45, 7) is 7.48. The molecule has 2 heterocycles. The Kier molecular flexibility index (Phi) is 9.42. The number of amides is 2. The molecule has 10 nitrogen and oxygen atoms in total. The van der Waals surface area contributed by atoms with E-state index in [2.05, 4.69) is 82.0 Å². The topological polar surface area (TPSA) is 139 Å². The summed E-state index contributed by atoms with van der Waals surface area (Å²) < 4.78 is 0. The zero-order chi connectivity index (χ0) is 33.8. The summed E-state index contributed by atoms with van der Waals surface area (Å²) in [5.41, 5.74) is 8.05. The highest BCUT2D eigenvalue weighted by Gasteiger charge is 2.44. The Balaban J connectivity index is 1.47. The summed E-state index contributed by atoms with van der Waals surface area (Å²) in [4.78, 5) is 31.2. The van der Waals surface area contributed by atoms with Crippen LogP contribution in [0.5, 0.6) is 0 Å². The number of fused-ring (bicyclic) bond motifs is 2. The van der Waals surface area contributed by atoms with Gasteiger partial charge in [-0.2, -0.15) is 5.26 Å². The molecule has 2 amide bonds. The monoisotopic (exact) mass is 642 g/mol. The van der Waals surface area contributed by atoms with Crippen LogP contribution >= 0.6 is 0 Å². The smallest absolute Gasteiger partial charge is 0.251 e. The van der Waals surface area contributed by atoms with Crippen LogP contribution in [0.1, 0.15) is 68.8 Å². The average Bonchev–Trinajstić information content (AvgIpc) is 3.79. The largest absolute Gasteiger partial charge is 0.388 e. The number of aryl methyl sites for hydroxylation is 3. The first-order chi connectivity index (χ1) is 23.3. The number of hydrogen-bond donors (Lipinski definition) is 4. The van der Waals surface area contributed by atoms with Crippen LogP contribution < -0.4 is 16.0 Å². The van der Waals surface area contributed by atoms with Gasteiger partial charge in [-0.1, -0.05) is 54.6 Å². The third-order valence-electron chi connectivity index (χ3n) is 9.82. The quantitative estimate of drug-likeness (QED) is 0.190. The predicted molar refractivity (Wildman–Crippen MR) is 186 cm³/mol. The Morgan fingerprint density at radius 3 is 2.35 bits per heavy atom. The van der Waals surface area contributed by atoms with Gasteiger partial charge in [0.2, 0.25) is 5.91 Å². The molecule has 0 saturated carbocycles. The van der Waals surface area contributed by atoms with Gasteiger partial charge in [-0.3, -0.25) is 9.59 Å². The normalized spacial score (nSPS) is 18.3. The SMILES string of the molecule is C=C(NC)c1ccc2c(c1)CCc1cc(C(=O)NC)ccc1C2(CCNCC(=O)N1CCCC1C#N)c1nnc(-c2ccc(C)cc2)[nH]1. The molecule has 0 bridgehead atoms. The molecule has 4 N–H and O–H groups in total. The van der Waals surface area contributed by atoms with Crippen LogP contribution in [0.25, 0.3) is 17.1 Å². The minimum Gasteiger partial charge on any atom is -0.388 e. The molecule has 1 aliphatic carbocycles. The highest BCUT2D eigenvalue weighted by atomic mass is 16.2. The standard InChI is InChI=1S/C38H42N8O2/c1-24-7-9-26(10-8-24)35-43-37(45-44-35)38(17-18-42-23-34(47)46-19-5-6-31(46)22-39)32-15-13-27(25(2)40-3)20-28(32)11-12-29-21-30(36(48)41-4)14-16-33(29)38/h7-10,13-16,20-21,31,40,42H,2,5-6,11-12,17-19,23H2,1,3-4H3,(H,41,48)(H,43,44,45). The number of aromatic nitrogens is 3. The molecule has 1 saturated heterocycles. The summed E-state index contributed by atoms with van der Waals surface area (Å²) in [5, 5.41) is 28.3. The Bertz CT molecular complexity index is 1820. The van der Waals surface area contributed by atoms with Crippen molar-refractivity contribution in [1.29, 1.82) is 5.26 Å². The van der Waals surface area contributed by atoms with Crippen LogP contribution in [0.15, 0.2) is 67.2 Å². The Hall–Kier alpha value is -5.27. The fourth-order valence-corrected chi connectivity index (χ4v) is 7.18. The van der Waals surface area contributed by atoms with Gasteiger partial charge < -0.3 is 25.8 Å². The molecule has 3 aromatic carbocycles. The van der Waals surface area contributed by atoms with E-state index in [1.54, 1.807) is 11.9 Å². The first kappa shape index (κ1) is 32.7. The number of carbonyl (C=O) groups excluding carboxylic acids is 2. The second-order valence-corrected chi connectivity index (χ2v) is 12.6. The third-order valence-corrected chi connectivity index (χ3v) is 9.82. The van der Waals surface area contributed by atoms with Crippen molar-refractivity contribution in [3.63, 3.8) is 0 Å². The van der Waals surface area contributed by atoms with Crippen molar-refractivity contribution in [2.24, 2.45) is 0 Å². The maximum absolute atomic E-state index is 13.1. The van der Waals surface area contributed by atoms with Gasteiger partial charge in [0.15, 0.2) is 5.82 Å². The molecule has 2 unspecified atom stereocenters. The van der Waals surface area contributed by atoms with Crippen LogP contribution in [0.4, 0.5) is 0 Å². The van der Waals surface area contributed by atoms with Crippen molar-refractivity contribution in [2.75, 3.05) is 33.7 Å². The van der Waals surface area contributed by atoms with E-state index in [1.165, 1.54) is 0 Å². The molecular weight excluding hydrogens is 600 g/mol. The molecule has 4 aromatic rings. The molecule has 246 valence electrons. The Morgan fingerprint density at radius 2 is 1.69 bits per heavy atom. The van der Waals surface area contributed by atoms with Crippen molar-refractivity contribution < 1.29 is 9.59 Å². The van der Waals surface area contributed by atoms with Crippen LogP contribution in [-0.2, 0) is 23.1 Å². The minimum atomic E-state index is -0.795. The first-order valence-electron chi connectivity index (χ1n) is 16.5. The number of likely N-dealkylation sites (tertiary alicyclic amines) is 1. The molecule has 1 fully saturated rings. The van der Waals surface area contributed by atoms with E-state index in [9.17, 15) is 14.9 Å². The lowest BCUT2D eigenvalue weighted by molar-refractivity contribution is -0.130. The molecule has 48 heavy (non-hydrogen) atoms.